The van der Waals surface area contributed by atoms with Crippen molar-refractivity contribution in [2.45, 2.75) is 0 Å². The van der Waals surface area contributed by atoms with E-state index in [-0.39, 0.29) is 0 Å². The highest BCUT2D eigenvalue weighted by Crippen LogP contribution is 2.39. The highest BCUT2D eigenvalue weighted by molar-refractivity contribution is 6.36. The van der Waals surface area contributed by atoms with Crippen molar-refractivity contribution >= 4 is 50.6 Å². The van der Waals surface area contributed by atoms with E-state index in [9.17, 15) is 5.41 Å². The molecule has 0 saturated carbocycles. The van der Waals surface area contributed by atoms with E-state index in [1.165, 1.54) is 5.39 Å². The summed E-state index contributed by atoms with van der Waals surface area (Å²) < 4.78 is 2.32. The maximum absolute atomic E-state index is 9.65. The number of fused-ring (bicyclic) bond motifs is 4. The minimum absolute atomic E-state index is 0.455. The molecule has 0 unspecified atom stereocenters. The first-order chi connectivity index (χ1) is 21.8. The Morgan fingerprint density at radius 2 is 1.32 bits per heavy atom. The SMILES string of the molecule is N=C(/C(=C1\NC(c2ccccn2)=Cc2ccccc21)c1ccc2c(c1)c1ccccc1n2-c1ccccc1)c1ccccc1. The second kappa shape index (κ2) is 10.7. The topological polar surface area (TPSA) is 53.7 Å². The summed E-state index contributed by atoms with van der Waals surface area (Å²) in [7, 11) is 0. The van der Waals surface area contributed by atoms with Crippen molar-refractivity contribution in [2.75, 3.05) is 0 Å². The zero-order valence-corrected chi connectivity index (χ0v) is 23.9. The first-order valence-electron chi connectivity index (χ1n) is 14.7. The van der Waals surface area contributed by atoms with Crippen LogP contribution in [0.5, 0.6) is 0 Å². The predicted octanol–water partition coefficient (Wildman–Crippen LogP) is 9.22. The Morgan fingerprint density at radius 3 is 2.14 bits per heavy atom. The summed E-state index contributed by atoms with van der Waals surface area (Å²) in [5.74, 6) is 0. The summed E-state index contributed by atoms with van der Waals surface area (Å²) in [5.41, 5.74) is 11.3. The molecule has 4 heteroatoms. The van der Waals surface area contributed by atoms with Crippen molar-refractivity contribution in [1.29, 1.82) is 5.41 Å². The van der Waals surface area contributed by atoms with E-state index in [0.29, 0.717) is 5.71 Å². The number of pyridine rings is 1. The van der Waals surface area contributed by atoms with E-state index in [0.717, 1.165) is 67.0 Å². The lowest BCUT2D eigenvalue weighted by atomic mass is 9.88. The molecule has 2 N–H and O–H groups in total. The van der Waals surface area contributed by atoms with Gasteiger partial charge in [-0.1, -0.05) is 103 Å². The van der Waals surface area contributed by atoms with Gasteiger partial charge in [0.15, 0.2) is 0 Å². The van der Waals surface area contributed by atoms with Gasteiger partial charge < -0.3 is 9.88 Å². The van der Waals surface area contributed by atoms with E-state index < -0.39 is 0 Å². The zero-order chi connectivity index (χ0) is 29.5. The van der Waals surface area contributed by atoms with Crippen LogP contribution in [0.15, 0.2) is 152 Å². The van der Waals surface area contributed by atoms with Gasteiger partial charge >= 0.3 is 0 Å². The number of para-hydroxylation sites is 2. The van der Waals surface area contributed by atoms with Crippen LogP contribution in [0.4, 0.5) is 0 Å². The van der Waals surface area contributed by atoms with Crippen LogP contribution in [-0.4, -0.2) is 15.3 Å². The predicted molar refractivity (Wildman–Crippen MR) is 183 cm³/mol. The minimum atomic E-state index is 0.455. The normalized spacial score (nSPS) is 13.7. The third-order valence-corrected chi connectivity index (χ3v) is 8.27. The molecule has 0 bridgehead atoms. The fourth-order valence-corrected chi connectivity index (χ4v) is 6.25. The van der Waals surface area contributed by atoms with E-state index in [2.05, 4.69) is 112 Å². The summed E-state index contributed by atoms with van der Waals surface area (Å²) in [6.07, 6.45) is 3.95. The fourth-order valence-electron chi connectivity index (χ4n) is 6.25. The number of nitrogens with one attached hydrogen (secondary N) is 2. The number of nitrogens with zero attached hydrogens (tertiary/aromatic N) is 2. The Bertz CT molecular complexity index is 2240. The van der Waals surface area contributed by atoms with Gasteiger partial charge in [0.25, 0.3) is 0 Å². The zero-order valence-electron chi connectivity index (χ0n) is 23.9. The molecule has 0 amide bonds. The molecule has 1 aliphatic rings. The second-order valence-electron chi connectivity index (χ2n) is 10.9. The summed E-state index contributed by atoms with van der Waals surface area (Å²) in [5, 5.41) is 15.7. The number of benzene rings is 5. The van der Waals surface area contributed by atoms with E-state index >= 15 is 0 Å². The lowest BCUT2D eigenvalue weighted by molar-refractivity contribution is 1.16. The summed E-state index contributed by atoms with van der Waals surface area (Å²) in [6, 6.07) is 49.9. The average molecular weight is 565 g/mol. The summed E-state index contributed by atoms with van der Waals surface area (Å²) >= 11 is 0. The van der Waals surface area contributed by atoms with Crippen LogP contribution >= 0.6 is 0 Å². The van der Waals surface area contributed by atoms with Crippen molar-refractivity contribution in [3.05, 3.63) is 180 Å². The lowest BCUT2D eigenvalue weighted by Gasteiger charge is -2.26. The van der Waals surface area contributed by atoms with E-state index in [1.807, 2.05) is 60.8 Å². The van der Waals surface area contributed by atoms with Gasteiger partial charge in [0.2, 0.25) is 0 Å². The Balaban J connectivity index is 1.41. The number of aromatic nitrogens is 2. The van der Waals surface area contributed by atoms with Crippen molar-refractivity contribution in [3.8, 4) is 5.69 Å². The van der Waals surface area contributed by atoms with E-state index in [1.54, 1.807) is 0 Å². The molecule has 5 aromatic carbocycles. The Hall–Kier alpha value is -6.00. The lowest BCUT2D eigenvalue weighted by Crippen LogP contribution is -2.20. The van der Waals surface area contributed by atoms with E-state index in [4.69, 9.17) is 0 Å². The molecule has 2 aromatic heterocycles. The fraction of sp³-hybridized carbons (Fsp3) is 0. The molecule has 3 heterocycles. The third-order valence-electron chi connectivity index (χ3n) is 8.27. The third kappa shape index (κ3) is 4.32. The van der Waals surface area contributed by atoms with Gasteiger partial charge in [-0.05, 0) is 59.7 Å². The minimum Gasteiger partial charge on any atom is -0.353 e. The van der Waals surface area contributed by atoms with Gasteiger partial charge in [0, 0.05) is 39.4 Å². The van der Waals surface area contributed by atoms with Crippen molar-refractivity contribution < 1.29 is 0 Å². The molecular weight excluding hydrogens is 536 g/mol. The number of rotatable bonds is 5. The van der Waals surface area contributed by atoms with Crippen molar-refractivity contribution in [2.24, 2.45) is 0 Å². The number of hydrogen-bond donors (Lipinski definition) is 2. The quantitative estimate of drug-likeness (QED) is 0.205. The molecule has 0 aliphatic carbocycles. The van der Waals surface area contributed by atoms with Crippen LogP contribution in [0.2, 0.25) is 0 Å². The van der Waals surface area contributed by atoms with Crippen LogP contribution in [0.1, 0.15) is 27.9 Å². The smallest absolute Gasteiger partial charge is 0.0864 e. The van der Waals surface area contributed by atoms with Crippen LogP contribution in [-0.2, 0) is 0 Å². The van der Waals surface area contributed by atoms with Gasteiger partial charge in [-0.15, -0.1) is 0 Å². The Labute approximate surface area is 255 Å². The summed E-state index contributed by atoms with van der Waals surface area (Å²) in [6.45, 7) is 0. The molecular formula is C40H28N4. The maximum Gasteiger partial charge on any atom is 0.0864 e. The van der Waals surface area contributed by atoms with Gasteiger partial charge in [-0.2, -0.15) is 0 Å². The maximum atomic E-state index is 9.65. The molecule has 7 aromatic rings. The van der Waals surface area contributed by atoms with Crippen LogP contribution in [0.25, 0.3) is 50.5 Å². The second-order valence-corrected chi connectivity index (χ2v) is 10.9. The molecule has 0 saturated heterocycles. The molecule has 0 atom stereocenters. The van der Waals surface area contributed by atoms with Crippen molar-refractivity contribution in [3.63, 3.8) is 0 Å². The monoisotopic (exact) mass is 564 g/mol. The number of hydrogen-bond acceptors (Lipinski definition) is 3. The average Bonchev–Trinajstić information content (AvgIpc) is 3.43. The highest BCUT2D eigenvalue weighted by Gasteiger charge is 2.25. The molecule has 8 rings (SSSR count). The van der Waals surface area contributed by atoms with Gasteiger partial charge in [-0.3, -0.25) is 10.4 Å². The molecule has 1 aliphatic heterocycles. The van der Waals surface area contributed by atoms with Gasteiger partial charge in [0.1, 0.15) is 0 Å². The molecule has 4 nitrogen and oxygen atoms in total. The van der Waals surface area contributed by atoms with Crippen LogP contribution in [0, 0.1) is 5.41 Å². The standard InChI is InChI=1S/C40H28N4/c41-39(27-13-3-1-4-14-27)38(40-31-18-8-7-15-28(31)26-35(43-40)34-20-11-12-24-42-34)29-22-23-37-33(25-29)32-19-9-10-21-36(32)44(37)30-16-5-2-6-17-30/h1-26,41,43H/b40-38-,41-39?. The number of allylic oxidation sites excluding steroid dienone is 1. The van der Waals surface area contributed by atoms with Gasteiger partial charge in [-0.25, -0.2) is 0 Å². The highest BCUT2D eigenvalue weighted by atomic mass is 15.0. The molecule has 208 valence electrons. The Morgan fingerprint density at radius 1 is 0.614 bits per heavy atom. The van der Waals surface area contributed by atoms with Crippen molar-refractivity contribution in [1.82, 2.24) is 14.9 Å². The largest absolute Gasteiger partial charge is 0.353 e. The Kier molecular flexibility index (Phi) is 6.24. The van der Waals surface area contributed by atoms with Crippen LogP contribution < -0.4 is 5.32 Å². The molecule has 0 radical (unpaired) electrons. The first kappa shape index (κ1) is 25.7. The van der Waals surface area contributed by atoms with Gasteiger partial charge in [0.05, 0.1) is 33.8 Å². The molecule has 0 spiro atoms. The molecule has 44 heavy (non-hydrogen) atoms. The first-order valence-corrected chi connectivity index (χ1v) is 14.7. The molecule has 0 fully saturated rings. The van der Waals surface area contributed by atoms with Crippen LogP contribution in [0.3, 0.4) is 0 Å². The summed E-state index contributed by atoms with van der Waals surface area (Å²) in [4.78, 5) is 4.64.